The molecule has 0 saturated heterocycles. The zero-order valence-corrected chi connectivity index (χ0v) is 11.0. The summed E-state index contributed by atoms with van der Waals surface area (Å²) in [6, 6.07) is 4.60. The Hall–Kier alpha value is -0.820. The zero-order valence-electron chi connectivity index (χ0n) is 10.1. The van der Waals surface area contributed by atoms with Crippen LogP contribution in [-0.2, 0) is 5.41 Å². The maximum atomic E-state index is 2.36. The van der Waals surface area contributed by atoms with Crippen molar-refractivity contribution in [3.05, 3.63) is 34.2 Å². The molecule has 0 unspecified atom stereocenters. The van der Waals surface area contributed by atoms with Gasteiger partial charge in [-0.2, -0.15) is 0 Å². The molecule has 2 aromatic rings. The fraction of sp³-hybridized carbons (Fsp3) is 0.429. The van der Waals surface area contributed by atoms with Crippen molar-refractivity contribution >= 4 is 21.4 Å². The first-order chi connectivity index (χ1) is 6.91. The fourth-order valence-corrected chi connectivity index (χ4v) is 3.15. The Kier molecular flexibility index (Phi) is 2.38. The topological polar surface area (TPSA) is 0 Å². The molecule has 0 N–H and O–H groups in total. The Morgan fingerprint density at radius 2 is 1.80 bits per heavy atom. The smallest absolute Gasteiger partial charge is 0.0382 e. The van der Waals surface area contributed by atoms with Crippen LogP contribution in [-0.4, -0.2) is 0 Å². The lowest BCUT2D eigenvalue weighted by molar-refractivity contribution is 0.596. The standard InChI is InChI=1S/C14H18S/c1-9-8-12(14(3,4)5)13-11(10(9)2)6-7-15-13/h6-8H,1-5H3. The van der Waals surface area contributed by atoms with E-state index in [1.807, 2.05) is 11.3 Å². The summed E-state index contributed by atoms with van der Waals surface area (Å²) in [6.07, 6.45) is 0. The average Bonchev–Trinajstić information content (AvgIpc) is 2.57. The van der Waals surface area contributed by atoms with Gasteiger partial charge < -0.3 is 0 Å². The molecule has 80 valence electrons. The largest absolute Gasteiger partial charge is 0.143 e. The summed E-state index contributed by atoms with van der Waals surface area (Å²) < 4.78 is 1.46. The third-order valence-corrected chi connectivity index (χ3v) is 4.02. The zero-order chi connectivity index (χ0) is 11.2. The molecule has 1 aromatic carbocycles. The molecule has 0 amide bonds. The Morgan fingerprint density at radius 1 is 1.13 bits per heavy atom. The molecule has 0 aliphatic heterocycles. The van der Waals surface area contributed by atoms with Crippen molar-refractivity contribution in [2.75, 3.05) is 0 Å². The predicted molar refractivity (Wildman–Crippen MR) is 70.0 cm³/mol. The summed E-state index contributed by atoms with van der Waals surface area (Å²) in [7, 11) is 0. The molecule has 0 bridgehead atoms. The van der Waals surface area contributed by atoms with E-state index in [0.29, 0.717) is 0 Å². The van der Waals surface area contributed by atoms with Crippen LogP contribution in [0.4, 0.5) is 0 Å². The van der Waals surface area contributed by atoms with Crippen LogP contribution < -0.4 is 0 Å². The maximum absolute atomic E-state index is 2.36. The first-order valence-corrected chi connectivity index (χ1v) is 6.27. The van der Waals surface area contributed by atoms with Crippen LogP contribution in [0.3, 0.4) is 0 Å². The van der Waals surface area contributed by atoms with Crippen LogP contribution in [0.5, 0.6) is 0 Å². The van der Waals surface area contributed by atoms with Gasteiger partial charge in [-0.3, -0.25) is 0 Å². The maximum Gasteiger partial charge on any atom is 0.0382 e. The van der Waals surface area contributed by atoms with Crippen LogP contribution in [0.2, 0.25) is 0 Å². The number of fused-ring (bicyclic) bond motifs is 1. The Balaban J connectivity index is 2.86. The van der Waals surface area contributed by atoms with Gasteiger partial charge in [-0.05, 0) is 52.8 Å². The van der Waals surface area contributed by atoms with E-state index in [2.05, 4.69) is 52.1 Å². The number of hydrogen-bond acceptors (Lipinski definition) is 1. The van der Waals surface area contributed by atoms with Gasteiger partial charge >= 0.3 is 0 Å². The van der Waals surface area contributed by atoms with E-state index in [4.69, 9.17) is 0 Å². The Labute approximate surface area is 95.9 Å². The third kappa shape index (κ3) is 1.69. The highest BCUT2D eigenvalue weighted by Crippen LogP contribution is 2.36. The van der Waals surface area contributed by atoms with Gasteiger partial charge in [0.05, 0.1) is 0 Å². The van der Waals surface area contributed by atoms with E-state index in [0.717, 1.165) is 0 Å². The van der Waals surface area contributed by atoms with E-state index >= 15 is 0 Å². The van der Waals surface area contributed by atoms with Crippen molar-refractivity contribution in [2.45, 2.75) is 40.0 Å². The van der Waals surface area contributed by atoms with Gasteiger partial charge in [-0.1, -0.05) is 26.8 Å². The lowest BCUT2D eigenvalue weighted by Gasteiger charge is -2.21. The number of rotatable bonds is 0. The molecular weight excluding hydrogens is 200 g/mol. The third-order valence-electron chi connectivity index (χ3n) is 3.07. The first kappa shape index (κ1) is 10.7. The molecule has 2 rings (SSSR count). The van der Waals surface area contributed by atoms with Crippen LogP contribution in [0.15, 0.2) is 17.5 Å². The molecule has 1 heteroatoms. The number of benzene rings is 1. The van der Waals surface area contributed by atoms with Crippen LogP contribution in [0.25, 0.3) is 10.1 Å². The van der Waals surface area contributed by atoms with Gasteiger partial charge in [0.15, 0.2) is 0 Å². The molecule has 0 spiro atoms. The second-order valence-electron chi connectivity index (χ2n) is 5.28. The summed E-state index contributed by atoms with van der Waals surface area (Å²) in [5, 5.41) is 3.64. The van der Waals surface area contributed by atoms with E-state index in [9.17, 15) is 0 Å². The fourth-order valence-electron chi connectivity index (χ4n) is 1.97. The summed E-state index contributed by atoms with van der Waals surface area (Å²) in [5.74, 6) is 0. The molecule has 1 heterocycles. The number of hydrogen-bond donors (Lipinski definition) is 0. The van der Waals surface area contributed by atoms with Crippen molar-refractivity contribution in [1.82, 2.24) is 0 Å². The van der Waals surface area contributed by atoms with Crippen molar-refractivity contribution in [3.63, 3.8) is 0 Å². The van der Waals surface area contributed by atoms with Gasteiger partial charge in [-0.15, -0.1) is 11.3 Å². The lowest BCUT2D eigenvalue weighted by atomic mass is 9.84. The van der Waals surface area contributed by atoms with Gasteiger partial charge in [0.2, 0.25) is 0 Å². The minimum absolute atomic E-state index is 0.238. The van der Waals surface area contributed by atoms with Gasteiger partial charge in [0.1, 0.15) is 0 Å². The highest BCUT2D eigenvalue weighted by atomic mass is 32.1. The molecule has 0 radical (unpaired) electrons. The van der Waals surface area contributed by atoms with Crippen LogP contribution in [0.1, 0.15) is 37.5 Å². The van der Waals surface area contributed by atoms with Crippen molar-refractivity contribution < 1.29 is 0 Å². The molecule has 0 aliphatic rings. The second kappa shape index (κ2) is 3.34. The highest BCUT2D eigenvalue weighted by Gasteiger charge is 2.19. The van der Waals surface area contributed by atoms with Crippen molar-refractivity contribution in [1.29, 1.82) is 0 Å². The molecule has 15 heavy (non-hydrogen) atoms. The van der Waals surface area contributed by atoms with Crippen molar-refractivity contribution in [2.24, 2.45) is 0 Å². The van der Waals surface area contributed by atoms with Gasteiger partial charge in [0, 0.05) is 4.70 Å². The Morgan fingerprint density at radius 3 is 2.40 bits per heavy atom. The molecule has 1 aromatic heterocycles. The number of thiophene rings is 1. The summed E-state index contributed by atoms with van der Waals surface area (Å²) in [5.41, 5.74) is 4.56. The highest BCUT2D eigenvalue weighted by molar-refractivity contribution is 7.17. The molecule has 0 saturated carbocycles. The van der Waals surface area contributed by atoms with Gasteiger partial charge in [-0.25, -0.2) is 0 Å². The second-order valence-corrected chi connectivity index (χ2v) is 6.20. The molecule has 0 nitrogen and oxygen atoms in total. The molecular formula is C14H18S. The van der Waals surface area contributed by atoms with Crippen LogP contribution >= 0.6 is 11.3 Å². The molecule has 0 aliphatic carbocycles. The quantitative estimate of drug-likeness (QED) is 0.595. The van der Waals surface area contributed by atoms with Crippen LogP contribution in [0, 0.1) is 13.8 Å². The summed E-state index contributed by atoms with van der Waals surface area (Å²) >= 11 is 1.86. The molecule has 0 fully saturated rings. The minimum Gasteiger partial charge on any atom is -0.143 e. The van der Waals surface area contributed by atoms with E-state index in [1.165, 1.54) is 26.8 Å². The average molecular weight is 218 g/mol. The summed E-state index contributed by atoms with van der Waals surface area (Å²) in [4.78, 5) is 0. The first-order valence-electron chi connectivity index (χ1n) is 5.39. The van der Waals surface area contributed by atoms with E-state index < -0.39 is 0 Å². The number of aryl methyl sites for hydroxylation is 2. The van der Waals surface area contributed by atoms with E-state index in [-0.39, 0.29) is 5.41 Å². The summed E-state index contributed by atoms with van der Waals surface area (Å²) in [6.45, 7) is 11.3. The lowest BCUT2D eigenvalue weighted by Crippen LogP contribution is -2.11. The Bertz CT molecular complexity index is 498. The molecule has 0 atom stereocenters. The monoisotopic (exact) mass is 218 g/mol. The van der Waals surface area contributed by atoms with Crippen molar-refractivity contribution in [3.8, 4) is 0 Å². The minimum atomic E-state index is 0.238. The SMILES string of the molecule is Cc1cc(C(C)(C)C)c2sccc2c1C. The van der Waals surface area contributed by atoms with E-state index in [1.54, 1.807) is 0 Å². The predicted octanol–water partition coefficient (Wildman–Crippen LogP) is 4.82. The normalized spacial score (nSPS) is 12.3. The van der Waals surface area contributed by atoms with Gasteiger partial charge in [0.25, 0.3) is 0 Å².